The largest absolute Gasteiger partial charge is 0.276 e. The molecule has 7 heteroatoms. The minimum atomic E-state index is -3.35. The molecule has 0 saturated heterocycles. The van der Waals surface area contributed by atoms with Gasteiger partial charge in [-0.05, 0) is 42.6 Å². The van der Waals surface area contributed by atoms with Crippen LogP contribution in [0.4, 0.5) is 0 Å². The molecule has 2 heterocycles. The molecule has 0 amide bonds. The maximum absolute atomic E-state index is 12.6. The van der Waals surface area contributed by atoms with Gasteiger partial charge < -0.3 is 0 Å². The Hall–Kier alpha value is -0.430. The Morgan fingerprint density at radius 2 is 1.90 bits per heavy atom. The van der Waals surface area contributed by atoms with E-state index in [0.29, 0.717) is 27.1 Å². The van der Waals surface area contributed by atoms with Gasteiger partial charge in [0.05, 0.1) is 10.6 Å². The second kappa shape index (κ2) is 5.33. The molecule has 0 spiro atoms. The van der Waals surface area contributed by atoms with Gasteiger partial charge in [0, 0.05) is 32.4 Å². The number of carbonyl (C=O) groups is 1. The highest BCUT2D eigenvalue weighted by Crippen LogP contribution is 2.49. The number of hydrogen-bond acceptors (Lipinski definition) is 5. The van der Waals surface area contributed by atoms with E-state index < -0.39 is 15.1 Å². The van der Waals surface area contributed by atoms with Crippen molar-refractivity contribution in [2.45, 2.75) is 18.7 Å². The number of halogens is 1. The monoisotopic (exact) mass is 360 g/mol. The average Bonchev–Trinajstić information content (AvgIpc) is 2.40. The van der Waals surface area contributed by atoms with Gasteiger partial charge in [-0.25, -0.2) is 8.42 Å². The summed E-state index contributed by atoms with van der Waals surface area (Å²) in [6.45, 7) is 3.50. The Morgan fingerprint density at radius 3 is 2.57 bits per heavy atom. The first-order chi connectivity index (χ1) is 9.83. The molecule has 112 valence electrons. The lowest BCUT2D eigenvalue weighted by molar-refractivity contribution is 0.108. The summed E-state index contributed by atoms with van der Waals surface area (Å²) in [5.41, 5.74) is 2.36. The van der Waals surface area contributed by atoms with Crippen LogP contribution in [0, 0.1) is 13.8 Å². The van der Waals surface area contributed by atoms with Crippen molar-refractivity contribution in [2.75, 3.05) is 17.3 Å². The smallest absolute Gasteiger partial charge is 0.252 e. The summed E-state index contributed by atoms with van der Waals surface area (Å²) in [6, 6.07) is 1.59. The highest BCUT2D eigenvalue weighted by molar-refractivity contribution is 8.14. The number of sulfone groups is 1. The van der Waals surface area contributed by atoms with Gasteiger partial charge in [0.1, 0.15) is 0 Å². The first-order valence-corrected chi connectivity index (χ1v) is 10.4. The maximum Gasteiger partial charge on any atom is 0.252 e. The predicted octanol–water partition coefficient (Wildman–Crippen LogP) is 3.62. The van der Waals surface area contributed by atoms with Gasteiger partial charge in [-0.1, -0.05) is 0 Å². The zero-order chi connectivity index (χ0) is 15.4. The number of fused-ring (bicyclic) bond motifs is 2. The topological polar surface area (TPSA) is 51.2 Å². The summed E-state index contributed by atoms with van der Waals surface area (Å²) in [6.07, 6.45) is 0. The molecule has 0 aromatic heterocycles. The van der Waals surface area contributed by atoms with Gasteiger partial charge in [0.15, 0.2) is 9.84 Å². The van der Waals surface area contributed by atoms with Gasteiger partial charge in [0.25, 0.3) is 5.24 Å². The van der Waals surface area contributed by atoms with Crippen LogP contribution in [0.2, 0.25) is 0 Å². The molecule has 0 saturated carbocycles. The molecule has 2 aliphatic rings. The summed E-state index contributed by atoms with van der Waals surface area (Å²) in [5, 5.41) is -0.544. The van der Waals surface area contributed by atoms with Crippen molar-refractivity contribution in [2.24, 2.45) is 0 Å². The fraction of sp³-hybridized carbons (Fsp3) is 0.357. The molecule has 0 bridgehead atoms. The van der Waals surface area contributed by atoms with E-state index in [0.717, 1.165) is 21.3 Å². The van der Waals surface area contributed by atoms with Crippen LogP contribution < -0.4 is 0 Å². The minimum Gasteiger partial charge on any atom is -0.276 e. The van der Waals surface area contributed by atoms with Crippen molar-refractivity contribution < 1.29 is 13.2 Å². The molecule has 1 aromatic rings. The van der Waals surface area contributed by atoms with Crippen LogP contribution in [0.3, 0.4) is 0 Å². The molecule has 0 fully saturated rings. The van der Waals surface area contributed by atoms with Crippen molar-refractivity contribution in [1.82, 2.24) is 0 Å². The molecule has 0 radical (unpaired) electrons. The van der Waals surface area contributed by atoms with Crippen LogP contribution in [0.15, 0.2) is 15.9 Å². The van der Waals surface area contributed by atoms with Crippen molar-refractivity contribution in [3.05, 3.63) is 33.2 Å². The second-order valence-electron chi connectivity index (χ2n) is 5.05. The minimum absolute atomic E-state index is 0.0709. The highest BCUT2D eigenvalue weighted by Gasteiger charge is 2.35. The summed E-state index contributed by atoms with van der Waals surface area (Å²) < 4.78 is 25.2. The maximum atomic E-state index is 12.6. The number of hydrogen-bond donors (Lipinski definition) is 0. The van der Waals surface area contributed by atoms with Crippen LogP contribution in [0.5, 0.6) is 0 Å². The van der Waals surface area contributed by atoms with Gasteiger partial charge in [-0.3, -0.25) is 4.79 Å². The lowest BCUT2D eigenvalue weighted by Gasteiger charge is -2.29. The normalized spacial score (nSPS) is 20.0. The van der Waals surface area contributed by atoms with Crippen molar-refractivity contribution in [3.8, 4) is 0 Å². The van der Waals surface area contributed by atoms with Gasteiger partial charge >= 0.3 is 0 Å². The Labute approximate surface area is 137 Å². The molecule has 0 atom stereocenters. The van der Waals surface area contributed by atoms with E-state index in [9.17, 15) is 13.2 Å². The van der Waals surface area contributed by atoms with E-state index in [1.54, 1.807) is 43.4 Å². The number of rotatable bonds is 1. The van der Waals surface area contributed by atoms with E-state index in [1.807, 2.05) is 0 Å². The van der Waals surface area contributed by atoms with Crippen LogP contribution >= 0.6 is 35.1 Å². The van der Waals surface area contributed by atoms with Crippen molar-refractivity contribution in [3.63, 3.8) is 0 Å². The summed E-state index contributed by atoms with van der Waals surface area (Å²) in [5.74, 6) is 1.93. The molecule has 21 heavy (non-hydrogen) atoms. The van der Waals surface area contributed by atoms with E-state index >= 15 is 0 Å². The molecule has 3 nitrogen and oxygen atoms in total. The fourth-order valence-electron chi connectivity index (χ4n) is 2.79. The zero-order valence-corrected chi connectivity index (χ0v) is 14.7. The molecular weight excluding hydrogens is 348 g/mol. The molecule has 1 aromatic carbocycles. The zero-order valence-electron chi connectivity index (χ0n) is 11.5. The third-order valence-electron chi connectivity index (χ3n) is 3.66. The van der Waals surface area contributed by atoms with Crippen LogP contribution in [-0.4, -0.2) is 30.9 Å². The first-order valence-electron chi connectivity index (χ1n) is 6.39. The summed E-state index contributed by atoms with van der Waals surface area (Å²) in [4.78, 5) is 13.9. The van der Waals surface area contributed by atoms with Crippen LogP contribution in [-0.2, 0) is 9.84 Å². The third kappa shape index (κ3) is 2.46. The van der Waals surface area contributed by atoms with Gasteiger partial charge in [-0.15, -0.1) is 23.5 Å². The molecule has 2 aliphatic heterocycles. The van der Waals surface area contributed by atoms with Gasteiger partial charge in [-0.2, -0.15) is 0 Å². The average molecular weight is 361 g/mol. The van der Waals surface area contributed by atoms with E-state index in [2.05, 4.69) is 0 Å². The summed E-state index contributed by atoms with van der Waals surface area (Å²) >= 11 is 8.93. The lowest BCUT2D eigenvalue weighted by atomic mass is 9.98. The molecule has 0 N–H and O–H groups in total. The SMILES string of the molecule is Cc1cc(C(=O)Cl)c(C)c2c1S(=O)(=O)CC1=C2SCCS1. The Bertz CT molecular complexity index is 794. The second-order valence-corrected chi connectivity index (χ2v) is 9.62. The first kappa shape index (κ1) is 15.5. The molecule has 3 rings (SSSR count). The standard InChI is InChI=1S/C14H13ClO3S3/c1-7-5-9(14(15)16)8(2)11-12-10(19-3-4-20-12)6-21(17,18)13(7)11/h5H,3-4,6H2,1-2H3. The van der Waals surface area contributed by atoms with E-state index in [-0.39, 0.29) is 5.75 Å². The fourth-order valence-corrected chi connectivity index (χ4v) is 8.03. The van der Waals surface area contributed by atoms with Crippen LogP contribution in [0.1, 0.15) is 27.0 Å². The molecule has 0 unspecified atom stereocenters. The Morgan fingerprint density at radius 1 is 1.24 bits per heavy atom. The Kier molecular flexibility index (Phi) is 3.93. The van der Waals surface area contributed by atoms with Crippen molar-refractivity contribution >= 4 is 55.1 Å². The van der Waals surface area contributed by atoms with Crippen molar-refractivity contribution in [1.29, 1.82) is 0 Å². The number of benzene rings is 1. The van der Waals surface area contributed by atoms with E-state index in [1.165, 1.54) is 0 Å². The quantitative estimate of drug-likeness (QED) is 0.716. The predicted molar refractivity (Wildman–Crippen MR) is 90.0 cm³/mol. The number of aryl methyl sites for hydroxylation is 1. The lowest BCUT2D eigenvalue weighted by Crippen LogP contribution is -2.21. The third-order valence-corrected chi connectivity index (χ3v) is 8.50. The molecule has 0 aliphatic carbocycles. The Balaban J connectivity index is 2.43. The van der Waals surface area contributed by atoms with Crippen LogP contribution in [0.25, 0.3) is 4.91 Å². The number of carbonyl (C=O) groups excluding carboxylic acids is 1. The van der Waals surface area contributed by atoms with Gasteiger partial charge in [0.2, 0.25) is 0 Å². The highest BCUT2D eigenvalue weighted by atomic mass is 35.5. The number of thioether (sulfide) groups is 2. The molecular formula is C14H13ClO3S3. The summed E-state index contributed by atoms with van der Waals surface area (Å²) in [7, 11) is -3.35. The van der Waals surface area contributed by atoms with E-state index in [4.69, 9.17) is 11.6 Å².